The van der Waals surface area contributed by atoms with E-state index in [9.17, 15) is 4.79 Å². The van der Waals surface area contributed by atoms with E-state index in [4.69, 9.17) is 4.74 Å². The number of ether oxygens (including phenoxy) is 1. The Kier molecular flexibility index (Phi) is 5.83. The fourth-order valence-corrected chi connectivity index (χ4v) is 3.07. The van der Waals surface area contributed by atoms with Gasteiger partial charge in [0.05, 0.1) is 6.61 Å². The minimum atomic E-state index is -0.288. The van der Waals surface area contributed by atoms with E-state index in [0.717, 1.165) is 17.8 Å². The first-order valence-electron chi connectivity index (χ1n) is 7.42. The van der Waals surface area contributed by atoms with Crippen molar-refractivity contribution in [1.82, 2.24) is 15.2 Å². The van der Waals surface area contributed by atoms with E-state index in [2.05, 4.69) is 34.3 Å². The number of carbonyl (C=O) groups excluding carboxylic acids is 1. The lowest BCUT2D eigenvalue weighted by Gasteiger charge is -2.07. The van der Waals surface area contributed by atoms with Crippen LogP contribution in [0.15, 0.2) is 18.3 Å². The van der Waals surface area contributed by atoms with Crippen molar-refractivity contribution in [3.8, 4) is 5.88 Å². The quantitative estimate of drug-likeness (QED) is 0.845. The molecule has 2 aromatic rings. The van der Waals surface area contributed by atoms with Crippen molar-refractivity contribution in [3.63, 3.8) is 0 Å². The van der Waals surface area contributed by atoms with E-state index >= 15 is 0 Å². The predicted octanol–water partition coefficient (Wildman–Crippen LogP) is 3.49. The van der Waals surface area contributed by atoms with Gasteiger partial charge in [0.15, 0.2) is 0 Å². The van der Waals surface area contributed by atoms with Crippen LogP contribution >= 0.6 is 11.3 Å². The molecule has 0 atom stereocenters. The molecule has 0 aromatic carbocycles. The molecule has 0 aliphatic heterocycles. The Labute approximate surface area is 134 Å². The molecule has 0 unspecified atom stereocenters. The van der Waals surface area contributed by atoms with Crippen molar-refractivity contribution in [2.45, 2.75) is 39.5 Å². The summed E-state index contributed by atoms with van der Waals surface area (Å²) in [6.07, 6.45) is 3.62. The van der Waals surface area contributed by atoms with Crippen molar-refractivity contribution in [1.29, 1.82) is 0 Å². The lowest BCUT2D eigenvalue weighted by Crippen LogP contribution is -2.14. The number of amides is 1. The van der Waals surface area contributed by atoms with Gasteiger partial charge in [0.1, 0.15) is 10.6 Å². The molecule has 1 N–H and O–H groups in total. The average Bonchev–Trinajstić information content (AvgIpc) is 2.97. The molecule has 22 heavy (non-hydrogen) atoms. The molecule has 6 nitrogen and oxygen atoms in total. The maximum absolute atomic E-state index is 12.3. The fourth-order valence-electron chi connectivity index (χ4n) is 2.07. The molecular formula is C15H20N4O2S. The van der Waals surface area contributed by atoms with Crippen LogP contribution < -0.4 is 10.1 Å². The predicted molar refractivity (Wildman–Crippen MR) is 86.6 cm³/mol. The molecule has 0 aliphatic carbocycles. The number of rotatable bonds is 7. The minimum Gasteiger partial charge on any atom is -0.477 e. The zero-order valence-corrected chi connectivity index (χ0v) is 13.8. The molecule has 0 saturated carbocycles. The molecule has 0 aliphatic rings. The standard InChI is InChI=1S/C15H20N4O2S/c1-4-10(5-2)14-18-19-15(22-14)17-12(20)11-8-7-9-16-13(11)21-6-3/h7-10H,4-6H2,1-3H3,(H,17,19,20). The highest BCUT2D eigenvalue weighted by atomic mass is 32.1. The Balaban J connectivity index is 2.12. The number of nitrogens with one attached hydrogen (secondary N) is 1. The van der Waals surface area contributed by atoms with Crippen molar-refractivity contribution in [2.75, 3.05) is 11.9 Å². The van der Waals surface area contributed by atoms with Crippen LogP contribution in [0.3, 0.4) is 0 Å². The Morgan fingerprint density at radius 1 is 1.32 bits per heavy atom. The first kappa shape index (κ1) is 16.4. The van der Waals surface area contributed by atoms with Gasteiger partial charge in [0, 0.05) is 12.1 Å². The van der Waals surface area contributed by atoms with E-state index in [1.54, 1.807) is 18.3 Å². The zero-order valence-electron chi connectivity index (χ0n) is 13.0. The van der Waals surface area contributed by atoms with Gasteiger partial charge >= 0.3 is 0 Å². The molecule has 2 aromatic heterocycles. The van der Waals surface area contributed by atoms with Gasteiger partial charge in [-0.2, -0.15) is 0 Å². The Morgan fingerprint density at radius 2 is 2.09 bits per heavy atom. The van der Waals surface area contributed by atoms with Crippen molar-refractivity contribution in [2.24, 2.45) is 0 Å². The summed E-state index contributed by atoms with van der Waals surface area (Å²) in [5.74, 6) is 0.427. The van der Waals surface area contributed by atoms with Gasteiger partial charge in [-0.25, -0.2) is 4.98 Å². The summed E-state index contributed by atoms with van der Waals surface area (Å²) in [5.41, 5.74) is 0.392. The van der Waals surface area contributed by atoms with Crippen LogP contribution in [-0.4, -0.2) is 27.7 Å². The first-order chi connectivity index (χ1) is 10.7. The Bertz CT molecular complexity index is 626. The minimum absolute atomic E-state index is 0.288. The fraction of sp³-hybridized carbons (Fsp3) is 0.467. The number of hydrogen-bond acceptors (Lipinski definition) is 6. The van der Waals surface area contributed by atoms with Crippen LogP contribution in [0.5, 0.6) is 5.88 Å². The normalized spacial score (nSPS) is 10.7. The molecule has 7 heteroatoms. The molecule has 1 amide bonds. The smallest absolute Gasteiger partial charge is 0.262 e. The third-order valence-electron chi connectivity index (χ3n) is 3.29. The molecule has 118 valence electrons. The number of pyridine rings is 1. The number of carbonyl (C=O) groups is 1. The lowest BCUT2D eigenvalue weighted by molar-refractivity contribution is 0.102. The Hall–Kier alpha value is -2.02. The molecule has 0 spiro atoms. The van der Waals surface area contributed by atoms with Crippen molar-refractivity contribution < 1.29 is 9.53 Å². The summed E-state index contributed by atoms with van der Waals surface area (Å²) in [4.78, 5) is 16.4. The van der Waals surface area contributed by atoms with Crippen LogP contribution in [0.1, 0.15) is 54.9 Å². The van der Waals surface area contributed by atoms with Crippen LogP contribution in [-0.2, 0) is 0 Å². The SMILES string of the molecule is CCOc1ncccc1C(=O)Nc1nnc(C(CC)CC)s1. The third kappa shape index (κ3) is 3.79. The summed E-state index contributed by atoms with van der Waals surface area (Å²) >= 11 is 1.42. The van der Waals surface area contributed by atoms with E-state index in [1.807, 2.05) is 6.92 Å². The van der Waals surface area contributed by atoms with E-state index in [1.165, 1.54) is 11.3 Å². The van der Waals surface area contributed by atoms with Gasteiger partial charge in [0.2, 0.25) is 11.0 Å². The first-order valence-corrected chi connectivity index (χ1v) is 8.23. The molecule has 2 heterocycles. The average molecular weight is 320 g/mol. The Morgan fingerprint density at radius 3 is 2.77 bits per heavy atom. The van der Waals surface area contributed by atoms with Gasteiger partial charge in [-0.3, -0.25) is 10.1 Å². The number of hydrogen-bond donors (Lipinski definition) is 1. The lowest BCUT2D eigenvalue weighted by atomic mass is 10.1. The molecule has 0 radical (unpaired) electrons. The van der Waals surface area contributed by atoms with Gasteiger partial charge in [-0.05, 0) is 31.9 Å². The summed E-state index contributed by atoms with van der Waals surface area (Å²) in [5, 5.41) is 12.4. The summed E-state index contributed by atoms with van der Waals surface area (Å²) in [7, 11) is 0. The molecule has 0 saturated heterocycles. The maximum Gasteiger partial charge on any atom is 0.262 e. The van der Waals surface area contributed by atoms with Gasteiger partial charge in [0.25, 0.3) is 5.91 Å². The van der Waals surface area contributed by atoms with Gasteiger partial charge < -0.3 is 4.74 Å². The number of aromatic nitrogens is 3. The molecule has 2 rings (SSSR count). The van der Waals surface area contributed by atoms with Crippen LogP contribution in [0.2, 0.25) is 0 Å². The van der Waals surface area contributed by atoms with Crippen molar-refractivity contribution in [3.05, 3.63) is 28.9 Å². The third-order valence-corrected chi connectivity index (χ3v) is 4.29. The molecule has 0 bridgehead atoms. The summed E-state index contributed by atoms with van der Waals surface area (Å²) < 4.78 is 5.37. The summed E-state index contributed by atoms with van der Waals surface area (Å²) in [6, 6.07) is 3.38. The topological polar surface area (TPSA) is 77.0 Å². The van der Waals surface area contributed by atoms with E-state index in [0.29, 0.717) is 29.1 Å². The highest BCUT2D eigenvalue weighted by Gasteiger charge is 2.17. The van der Waals surface area contributed by atoms with Crippen LogP contribution in [0.4, 0.5) is 5.13 Å². The second-order valence-corrected chi connectivity index (χ2v) is 5.71. The molecular weight excluding hydrogens is 300 g/mol. The van der Waals surface area contributed by atoms with Crippen LogP contribution in [0, 0.1) is 0 Å². The molecule has 0 fully saturated rings. The maximum atomic E-state index is 12.3. The van der Waals surface area contributed by atoms with E-state index in [-0.39, 0.29) is 5.91 Å². The second-order valence-electron chi connectivity index (χ2n) is 4.70. The monoisotopic (exact) mass is 320 g/mol. The second kappa shape index (κ2) is 7.84. The van der Waals surface area contributed by atoms with Gasteiger partial charge in [-0.15, -0.1) is 10.2 Å². The largest absolute Gasteiger partial charge is 0.477 e. The zero-order chi connectivity index (χ0) is 15.9. The van der Waals surface area contributed by atoms with E-state index < -0.39 is 0 Å². The highest BCUT2D eigenvalue weighted by Crippen LogP contribution is 2.28. The number of nitrogens with zero attached hydrogens (tertiary/aromatic N) is 3. The number of anilines is 1. The van der Waals surface area contributed by atoms with Crippen molar-refractivity contribution >= 4 is 22.4 Å². The highest BCUT2D eigenvalue weighted by molar-refractivity contribution is 7.15. The summed E-state index contributed by atoms with van der Waals surface area (Å²) in [6.45, 7) is 6.55. The van der Waals surface area contributed by atoms with Gasteiger partial charge in [-0.1, -0.05) is 25.2 Å². The van der Waals surface area contributed by atoms with Crippen LogP contribution in [0.25, 0.3) is 0 Å².